The third kappa shape index (κ3) is 3.72. The molecule has 0 saturated heterocycles. The molecule has 0 aromatic heterocycles. The van der Waals surface area contributed by atoms with Gasteiger partial charge in [0.2, 0.25) is 0 Å². The van der Waals surface area contributed by atoms with E-state index < -0.39 is 0 Å². The van der Waals surface area contributed by atoms with Gasteiger partial charge in [-0.05, 0) is 71.5 Å². The second kappa shape index (κ2) is 6.74. The van der Waals surface area contributed by atoms with Crippen molar-refractivity contribution in [1.82, 2.24) is 4.90 Å². The molecule has 0 saturated carbocycles. The van der Waals surface area contributed by atoms with E-state index in [9.17, 15) is 4.79 Å². The fourth-order valence-corrected chi connectivity index (χ4v) is 2.37. The monoisotopic (exact) mass is 380 g/mol. The first-order chi connectivity index (χ1) is 9.60. The van der Waals surface area contributed by atoms with Crippen LogP contribution in [0.5, 0.6) is 0 Å². The number of amides is 1. The summed E-state index contributed by atoms with van der Waals surface area (Å²) in [7, 11) is 0. The maximum atomic E-state index is 12.5. The van der Waals surface area contributed by atoms with Gasteiger partial charge in [0.1, 0.15) is 0 Å². The predicted octanol–water partition coefficient (Wildman–Crippen LogP) is 3.54. The molecule has 0 fully saturated rings. The Bertz CT molecular complexity index is 596. The van der Waals surface area contributed by atoms with Crippen LogP contribution in [0.25, 0.3) is 0 Å². The van der Waals surface area contributed by atoms with Crippen molar-refractivity contribution in [1.29, 1.82) is 0 Å². The minimum Gasteiger partial charge on any atom is -0.399 e. The highest BCUT2D eigenvalue weighted by molar-refractivity contribution is 14.1. The van der Waals surface area contributed by atoms with Crippen LogP contribution < -0.4 is 5.73 Å². The van der Waals surface area contributed by atoms with E-state index >= 15 is 0 Å². The fourth-order valence-electron chi connectivity index (χ4n) is 2.01. The molecule has 4 heteroatoms. The Morgan fingerprint density at radius 1 is 1.20 bits per heavy atom. The van der Waals surface area contributed by atoms with Crippen LogP contribution in [0.4, 0.5) is 5.69 Å². The van der Waals surface area contributed by atoms with Gasteiger partial charge in [-0.2, -0.15) is 0 Å². The fraction of sp³-hybridized carbons (Fsp3) is 0.188. The van der Waals surface area contributed by atoms with E-state index in [0.29, 0.717) is 13.1 Å². The molecule has 3 nitrogen and oxygen atoms in total. The van der Waals surface area contributed by atoms with Crippen LogP contribution in [0.1, 0.15) is 22.8 Å². The highest BCUT2D eigenvalue weighted by Crippen LogP contribution is 2.13. The van der Waals surface area contributed by atoms with Crippen molar-refractivity contribution < 1.29 is 4.79 Å². The number of nitrogen functional groups attached to an aromatic ring is 1. The number of benzene rings is 2. The average Bonchev–Trinajstić information content (AvgIpc) is 2.45. The molecule has 0 spiro atoms. The van der Waals surface area contributed by atoms with Crippen LogP contribution in [0.2, 0.25) is 0 Å². The average molecular weight is 380 g/mol. The lowest BCUT2D eigenvalue weighted by Crippen LogP contribution is -2.30. The first-order valence-corrected chi connectivity index (χ1v) is 7.57. The summed E-state index contributed by atoms with van der Waals surface area (Å²) in [6.45, 7) is 3.23. The molecule has 0 aliphatic carbocycles. The largest absolute Gasteiger partial charge is 0.399 e. The zero-order valence-electron chi connectivity index (χ0n) is 11.3. The van der Waals surface area contributed by atoms with E-state index in [-0.39, 0.29) is 5.91 Å². The molecule has 2 aromatic rings. The van der Waals surface area contributed by atoms with Crippen LogP contribution in [0.3, 0.4) is 0 Å². The molecular formula is C16H17IN2O. The van der Waals surface area contributed by atoms with Crippen molar-refractivity contribution in [2.24, 2.45) is 0 Å². The van der Waals surface area contributed by atoms with Crippen molar-refractivity contribution in [2.45, 2.75) is 13.5 Å². The first-order valence-electron chi connectivity index (χ1n) is 6.49. The van der Waals surface area contributed by atoms with Gasteiger partial charge in [0.05, 0.1) is 0 Å². The summed E-state index contributed by atoms with van der Waals surface area (Å²) in [5, 5.41) is 0. The Hall–Kier alpha value is -1.56. The third-order valence-electron chi connectivity index (χ3n) is 3.08. The molecule has 2 aromatic carbocycles. The Morgan fingerprint density at radius 2 is 1.90 bits per heavy atom. The zero-order chi connectivity index (χ0) is 14.5. The Balaban J connectivity index is 2.15. The second-order valence-electron chi connectivity index (χ2n) is 4.57. The molecule has 2 rings (SSSR count). The van der Waals surface area contributed by atoms with E-state index in [0.717, 1.165) is 20.4 Å². The number of anilines is 1. The van der Waals surface area contributed by atoms with E-state index in [1.54, 1.807) is 0 Å². The normalized spacial score (nSPS) is 10.3. The highest BCUT2D eigenvalue weighted by Gasteiger charge is 2.14. The quantitative estimate of drug-likeness (QED) is 0.652. The van der Waals surface area contributed by atoms with Crippen LogP contribution in [-0.4, -0.2) is 17.4 Å². The van der Waals surface area contributed by atoms with E-state index in [2.05, 4.69) is 22.6 Å². The summed E-state index contributed by atoms with van der Waals surface area (Å²) in [4.78, 5) is 14.3. The van der Waals surface area contributed by atoms with Crippen molar-refractivity contribution in [3.63, 3.8) is 0 Å². The summed E-state index contributed by atoms with van der Waals surface area (Å²) in [5.74, 6) is 0.0475. The smallest absolute Gasteiger partial charge is 0.254 e. The van der Waals surface area contributed by atoms with Crippen molar-refractivity contribution in [3.8, 4) is 0 Å². The van der Waals surface area contributed by atoms with Crippen molar-refractivity contribution in [2.75, 3.05) is 12.3 Å². The van der Waals surface area contributed by atoms with E-state index in [1.807, 2.05) is 60.4 Å². The molecule has 1 amide bonds. The zero-order valence-corrected chi connectivity index (χ0v) is 13.5. The van der Waals surface area contributed by atoms with Crippen LogP contribution >= 0.6 is 22.6 Å². The van der Waals surface area contributed by atoms with Crippen LogP contribution in [0, 0.1) is 3.57 Å². The van der Waals surface area contributed by atoms with E-state index in [1.165, 1.54) is 0 Å². The first kappa shape index (κ1) is 14.8. The number of carbonyl (C=O) groups is 1. The second-order valence-corrected chi connectivity index (χ2v) is 5.82. The maximum absolute atomic E-state index is 12.5. The number of rotatable bonds is 4. The highest BCUT2D eigenvalue weighted by atomic mass is 127. The van der Waals surface area contributed by atoms with Gasteiger partial charge in [-0.25, -0.2) is 0 Å². The van der Waals surface area contributed by atoms with Crippen molar-refractivity contribution >= 4 is 34.2 Å². The summed E-state index contributed by atoms with van der Waals surface area (Å²) < 4.78 is 1.12. The molecule has 104 valence electrons. The molecule has 0 atom stereocenters. The molecule has 2 N–H and O–H groups in total. The third-order valence-corrected chi connectivity index (χ3v) is 3.80. The summed E-state index contributed by atoms with van der Waals surface area (Å²) >= 11 is 2.23. The van der Waals surface area contributed by atoms with Gasteiger partial charge in [0, 0.05) is 27.9 Å². The summed E-state index contributed by atoms with van der Waals surface area (Å²) in [6.07, 6.45) is 0. The molecule has 0 aliphatic rings. The molecule has 0 unspecified atom stereocenters. The SMILES string of the molecule is CCN(Cc1cccc(N)c1)C(=O)c1ccc(I)cc1. The Labute approximate surface area is 132 Å². The maximum Gasteiger partial charge on any atom is 0.254 e. The van der Waals surface area contributed by atoms with Gasteiger partial charge < -0.3 is 10.6 Å². The van der Waals surface area contributed by atoms with Gasteiger partial charge in [0.25, 0.3) is 5.91 Å². The molecule has 0 bridgehead atoms. The molecule has 0 radical (unpaired) electrons. The van der Waals surface area contributed by atoms with E-state index in [4.69, 9.17) is 5.73 Å². The summed E-state index contributed by atoms with van der Waals surface area (Å²) in [6, 6.07) is 15.3. The Morgan fingerprint density at radius 3 is 2.50 bits per heavy atom. The minimum absolute atomic E-state index is 0.0475. The topological polar surface area (TPSA) is 46.3 Å². The number of nitrogens with zero attached hydrogens (tertiary/aromatic N) is 1. The van der Waals surface area contributed by atoms with Gasteiger partial charge >= 0.3 is 0 Å². The number of nitrogens with two attached hydrogens (primary N) is 1. The molecule has 0 heterocycles. The summed E-state index contributed by atoms with van der Waals surface area (Å²) in [5.41, 5.74) is 8.26. The molecule has 20 heavy (non-hydrogen) atoms. The van der Waals surface area contributed by atoms with Gasteiger partial charge in [0.15, 0.2) is 0 Å². The molecule has 0 aliphatic heterocycles. The molecular weight excluding hydrogens is 363 g/mol. The van der Waals surface area contributed by atoms with Crippen LogP contribution in [0.15, 0.2) is 48.5 Å². The van der Waals surface area contributed by atoms with Crippen LogP contribution in [-0.2, 0) is 6.54 Å². The lowest BCUT2D eigenvalue weighted by Gasteiger charge is -2.21. The number of halogens is 1. The van der Waals surface area contributed by atoms with Crippen molar-refractivity contribution in [3.05, 3.63) is 63.2 Å². The predicted molar refractivity (Wildman–Crippen MR) is 90.4 cm³/mol. The van der Waals surface area contributed by atoms with Gasteiger partial charge in [-0.3, -0.25) is 4.79 Å². The lowest BCUT2D eigenvalue weighted by molar-refractivity contribution is 0.0752. The minimum atomic E-state index is 0.0475. The standard InChI is InChI=1S/C16H17IN2O/c1-2-19(11-12-4-3-5-15(18)10-12)16(20)13-6-8-14(17)9-7-13/h3-10H,2,11,18H2,1H3. The Kier molecular flexibility index (Phi) is 5.00. The van der Waals surface area contributed by atoms with Gasteiger partial charge in [-0.15, -0.1) is 0 Å². The number of hydrogen-bond donors (Lipinski definition) is 1. The number of hydrogen-bond acceptors (Lipinski definition) is 2. The lowest BCUT2D eigenvalue weighted by atomic mass is 10.1. The number of carbonyl (C=O) groups excluding carboxylic acids is 1. The van der Waals surface area contributed by atoms with Gasteiger partial charge in [-0.1, -0.05) is 12.1 Å².